The molecular formula is C23H22N4O5S. The van der Waals surface area contributed by atoms with Gasteiger partial charge in [0.25, 0.3) is 5.56 Å². The van der Waals surface area contributed by atoms with Gasteiger partial charge in [-0.2, -0.15) is 0 Å². The van der Waals surface area contributed by atoms with E-state index in [0.29, 0.717) is 22.7 Å². The number of rotatable bonds is 9. The number of benzene rings is 2. The van der Waals surface area contributed by atoms with Crippen LogP contribution in [-0.2, 0) is 4.79 Å². The number of aromatic amines is 1. The fourth-order valence-electron chi connectivity index (χ4n) is 2.76. The molecule has 0 aliphatic heterocycles. The monoisotopic (exact) mass is 466 g/mol. The Labute approximate surface area is 194 Å². The number of nitrogens with two attached hydrogens (primary N) is 1. The summed E-state index contributed by atoms with van der Waals surface area (Å²) in [5.41, 5.74) is 6.90. The number of carbonyl (C=O) groups excluding carboxylic acids is 2. The average molecular weight is 467 g/mol. The van der Waals surface area contributed by atoms with E-state index >= 15 is 0 Å². The minimum Gasteiger partial charge on any atom is -0.497 e. The summed E-state index contributed by atoms with van der Waals surface area (Å²) in [6.45, 7) is 0. The molecule has 0 bridgehead atoms. The zero-order valence-corrected chi connectivity index (χ0v) is 18.8. The van der Waals surface area contributed by atoms with E-state index in [1.165, 1.54) is 6.08 Å². The van der Waals surface area contributed by atoms with E-state index in [9.17, 15) is 14.4 Å². The molecule has 0 saturated carbocycles. The van der Waals surface area contributed by atoms with Gasteiger partial charge in [-0.15, -0.1) is 0 Å². The fraction of sp³-hybridized carbons (Fsp3) is 0.130. The predicted molar refractivity (Wildman–Crippen MR) is 128 cm³/mol. The van der Waals surface area contributed by atoms with Crippen molar-refractivity contribution in [3.05, 3.63) is 76.1 Å². The summed E-state index contributed by atoms with van der Waals surface area (Å²) in [5, 5.41) is 2.98. The lowest BCUT2D eigenvalue weighted by Crippen LogP contribution is -2.15. The van der Waals surface area contributed by atoms with Crippen LogP contribution in [0.2, 0.25) is 0 Å². The second-order valence-corrected chi connectivity index (χ2v) is 7.70. The molecule has 9 nitrogen and oxygen atoms in total. The number of ether oxygens (including phenoxy) is 2. The summed E-state index contributed by atoms with van der Waals surface area (Å²) < 4.78 is 10.5. The van der Waals surface area contributed by atoms with Gasteiger partial charge in [-0.1, -0.05) is 17.8 Å². The van der Waals surface area contributed by atoms with Crippen LogP contribution >= 0.6 is 11.8 Å². The first kappa shape index (κ1) is 23.6. The molecule has 4 N–H and O–H groups in total. The summed E-state index contributed by atoms with van der Waals surface area (Å²) >= 11 is 1.05. The SMILES string of the molecule is COc1cc(/C=C/C(=O)c2ccc(NC(=O)CSc3nc(N)cc(=O)[nH]3)cc2)cc(OC)c1. The molecule has 10 heteroatoms. The zero-order valence-electron chi connectivity index (χ0n) is 18.0. The molecule has 1 heterocycles. The molecule has 0 saturated heterocycles. The van der Waals surface area contributed by atoms with E-state index < -0.39 is 0 Å². The molecule has 0 radical (unpaired) electrons. The number of methoxy groups -OCH3 is 2. The Morgan fingerprint density at radius 1 is 1.09 bits per heavy atom. The summed E-state index contributed by atoms with van der Waals surface area (Å²) in [6, 6.07) is 13.0. The summed E-state index contributed by atoms with van der Waals surface area (Å²) in [6.07, 6.45) is 3.13. The highest BCUT2D eigenvalue weighted by atomic mass is 32.2. The molecule has 0 aliphatic rings. The molecule has 0 atom stereocenters. The molecule has 0 unspecified atom stereocenters. The van der Waals surface area contributed by atoms with Crippen molar-refractivity contribution in [2.45, 2.75) is 5.16 Å². The van der Waals surface area contributed by atoms with Crippen molar-refractivity contribution in [3.8, 4) is 11.5 Å². The quantitative estimate of drug-likeness (QED) is 0.189. The number of ketones is 1. The highest BCUT2D eigenvalue weighted by Crippen LogP contribution is 2.23. The highest BCUT2D eigenvalue weighted by Gasteiger charge is 2.08. The Morgan fingerprint density at radius 3 is 2.36 bits per heavy atom. The van der Waals surface area contributed by atoms with Gasteiger partial charge in [0.15, 0.2) is 10.9 Å². The molecule has 1 amide bonds. The first-order valence-electron chi connectivity index (χ1n) is 9.71. The summed E-state index contributed by atoms with van der Waals surface area (Å²) in [5.74, 6) is 0.870. The predicted octanol–water partition coefficient (Wildman–Crippen LogP) is 3.00. The maximum absolute atomic E-state index is 12.5. The minimum atomic E-state index is -0.384. The average Bonchev–Trinajstić information content (AvgIpc) is 2.80. The third-order valence-corrected chi connectivity index (χ3v) is 5.21. The molecule has 3 aromatic rings. The van der Waals surface area contributed by atoms with Gasteiger partial charge in [-0.25, -0.2) is 4.98 Å². The van der Waals surface area contributed by atoms with Gasteiger partial charge < -0.3 is 25.5 Å². The Kier molecular flexibility index (Phi) is 7.87. The molecule has 3 rings (SSSR count). The van der Waals surface area contributed by atoms with Gasteiger partial charge in [0.2, 0.25) is 5.91 Å². The van der Waals surface area contributed by atoms with Gasteiger partial charge in [0.1, 0.15) is 17.3 Å². The van der Waals surface area contributed by atoms with Crippen molar-refractivity contribution in [3.63, 3.8) is 0 Å². The molecular weight excluding hydrogens is 444 g/mol. The third-order valence-electron chi connectivity index (χ3n) is 4.33. The van der Waals surface area contributed by atoms with Crippen LogP contribution in [0.1, 0.15) is 15.9 Å². The Hall–Kier alpha value is -4.05. The first-order chi connectivity index (χ1) is 15.9. The smallest absolute Gasteiger partial charge is 0.253 e. The summed E-state index contributed by atoms with van der Waals surface area (Å²) in [7, 11) is 3.11. The van der Waals surface area contributed by atoms with Crippen LogP contribution in [0.4, 0.5) is 11.5 Å². The molecule has 170 valence electrons. The second kappa shape index (κ2) is 11.0. The summed E-state index contributed by atoms with van der Waals surface area (Å²) in [4.78, 5) is 42.5. The lowest BCUT2D eigenvalue weighted by molar-refractivity contribution is -0.113. The molecule has 0 spiro atoms. The maximum Gasteiger partial charge on any atom is 0.253 e. The lowest BCUT2D eigenvalue weighted by atomic mass is 10.1. The van der Waals surface area contributed by atoms with Crippen molar-refractivity contribution in [2.75, 3.05) is 31.0 Å². The van der Waals surface area contributed by atoms with Crippen molar-refractivity contribution < 1.29 is 19.1 Å². The number of aromatic nitrogens is 2. The Bertz CT molecular complexity index is 1220. The van der Waals surface area contributed by atoms with E-state index in [1.807, 2.05) is 0 Å². The van der Waals surface area contributed by atoms with Crippen molar-refractivity contribution in [1.29, 1.82) is 0 Å². The number of nitrogens with zero attached hydrogens (tertiary/aromatic N) is 1. The standard InChI is InChI=1S/C23H22N4O5S/c1-31-17-9-14(10-18(11-17)32-2)3-8-19(28)15-4-6-16(7-5-15)25-22(30)13-33-23-26-20(24)12-21(29)27-23/h3-12H,13H2,1-2H3,(H,25,30)(H3,24,26,27,29)/b8-3+. The first-order valence-corrected chi connectivity index (χ1v) is 10.7. The van der Waals surface area contributed by atoms with Gasteiger partial charge >= 0.3 is 0 Å². The Morgan fingerprint density at radius 2 is 1.76 bits per heavy atom. The number of nitrogens with one attached hydrogen (secondary N) is 2. The Balaban J connectivity index is 1.58. The van der Waals surface area contributed by atoms with E-state index in [0.717, 1.165) is 23.4 Å². The maximum atomic E-state index is 12.5. The molecule has 33 heavy (non-hydrogen) atoms. The van der Waals surface area contributed by atoms with Gasteiger partial charge in [0.05, 0.1) is 20.0 Å². The van der Waals surface area contributed by atoms with Crippen LogP contribution in [-0.4, -0.2) is 41.6 Å². The third kappa shape index (κ3) is 6.97. The van der Waals surface area contributed by atoms with Crippen LogP contribution in [0.5, 0.6) is 11.5 Å². The van der Waals surface area contributed by atoms with Crippen molar-refractivity contribution in [2.24, 2.45) is 0 Å². The number of hydrogen-bond acceptors (Lipinski definition) is 8. The van der Waals surface area contributed by atoms with Crippen LogP contribution < -0.4 is 26.1 Å². The number of nitrogen functional groups attached to an aromatic ring is 1. The molecule has 0 aliphatic carbocycles. The topological polar surface area (TPSA) is 136 Å². The van der Waals surface area contributed by atoms with Crippen molar-refractivity contribution in [1.82, 2.24) is 9.97 Å². The highest BCUT2D eigenvalue weighted by molar-refractivity contribution is 7.99. The normalized spacial score (nSPS) is 10.7. The number of H-pyrrole nitrogens is 1. The van der Waals surface area contributed by atoms with Crippen LogP contribution in [0, 0.1) is 0 Å². The van der Waals surface area contributed by atoms with E-state index in [4.69, 9.17) is 15.2 Å². The number of allylic oxidation sites excluding steroid dienone is 1. The lowest BCUT2D eigenvalue weighted by Gasteiger charge is -2.06. The van der Waals surface area contributed by atoms with Gasteiger partial charge in [-0.3, -0.25) is 14.4 Å². The minimum absolute atomic E-state index is 0.0276. The molecule has 0 fully saturated rings. The number of carbonyl (C=O) groups is 2. The number of amides is 1. The number of hydrogen-bond donors (Lipinski definition) is 3. The largest absolute Gasteiger partial charge is 0.497 e. The zero-order chi connectivity index (χ0) is 23.8. The van der Waals surface area contributed by atoms with Gasteiger partial charge in [-0.05, 0) is 48.0 Å². The van der Waals surface area contributed by atoms with Crippen LogP contribution in [0.3, 0.4) is 0 Å². The van der Waals surface area contributed by atoms with Gasteiger partial charge in [0, 0.05) is 23.4 Å². The van der Waals surface area contributed by atoms with E-state index in [2.05, 4.69) is 15.3 Å². The van der Waals surface area contributed by atoms with Crippen LogP contribution in [0.15, 0.2) is 64.6 Å². The van der Waals surface area contributed by atoms with E-state index in [-0.39, 0.29) is 34.0 Å². The molecule has 2 aromatic carbocycles. The fourth-order valence-corrected chi connectivity index (χ4v) is 3.45. The van der Waals surface area contributed by atoms with Crippen LogP contribution in [0.25, 0.3) is 6.08 Å². The van der Waals surface area contributed by atoms with E-state index in [1.54, 1.807) is 62.8 Å². The number of anilines is 2. The van der Waals surface area contributed by atoms with Crippen molar-refractivity contribution >= 4 is 41.0 Å². The second-order valence-electron chi connectivity index (χ2n) is 6.73. The molecule has 1 aromatic heterocycles. The number of thioether (sulfide) groups is 1.